The average molecular weight is 408 g/mol. The first-order chi connectivity index (χ1) is 14.2. The van der Waals surface area contributed by atoms with E-state index in [1.54, 1.807) is 23.7 Å². The summed E-state index contributed by atoms with van der Waals surface area (Å²) in [4.78, 5) is 29.2. The lowest BCUT2D eigenvalue weighted by Crippen LogP contribution is -2.42. The van der Waals surface area contributed by atoms with Crippen LogP contribution in [0.25, 0.3) is 11.1 Å². The molecule has 1 fully saturated rings. The van der Waals surface area contributed by atoms with Crippen LogP contribution in [0, 0.1) is 6.92 Å². The van der Waals surface area contributed by atoms with Crippen LogP contribution in [-0.4, -0.2) is 45.4 Å². The van der Waals surface area contributed by atoms with Crippen molar-refractivity contribution < 1.29 is 4.79 Å². The molecule has 0 saturated carbocycles. The fourth-order valence-corrected chi connectivity index (χ4v) is 4.48. The third kappa shape index (κ3) is 5.05. The first-order valence-electron chi connectivity index (χ1n) is 9.94. The van der Waals surface area contributed by atoms with Crippen molar-refractivity contribution >= 4 is 17.2 Å². The van der Waals surface area contributed by atoms with E-state index in [-0.39, 0.29) is 5.91 Å². The summed E-state index contributed by atoms with van der Waals surface area (Å²) in [6, 6.07) is 8.04. The number of pyridine rings is 1. The van der Waals surface area contributed by atoms with Gasteiger partial charge >= 0.3 is 0 Å². The molecule has 150 valence electrons. The summed E-state index contributed by atoms with van der Waals surface area (Å²) in [5.74, 6) is 1.15. The molecule has 0 unspecified atom stereocenters. The lowest BCUT2D eigenvalue weighted by molar-refractivity contribution is -0.122. The predicted octanol–water partition coefficient (Wildman–Crippen LogP) is 3.40. The van der Waals surface area contributed by atoms with Gasteiger partial charge in [-0.25, -0.2) is 9.97 Å². The molecule has 3 aromatic heterocycles. The van der Waals surface area contributed by atoms with Gasteiger partial charge in [-0.2, -0.15) is 0 Å². The van der Waals surface area contributed by atoms with E-state index >= 15 is 0 Å². The summed E-state index contributed by atoms with van der Waals surface area (Å²) in [6.45, 7) is 4.73. The van der Waals surface area contributed by atoms with E-state index in [9.17, 15) is 4.79 Å². The van der Waals surface area contributed by atoms with Gasteiger partial charge in [-0.15, -0.1) is 11.3 Å². The molecule has 4 heterocycles. The van der Waals surface area contributed by atoms with Crippen molar-refractivity contribution in [3.63, 3.8) is 0 Å². The number of carbonyl (C=O) groups is 1. The van der Waals surface area contributed by atoms with Crippen LogP contribution in [0.15, 0.2) is 48.2 Å². The molecule has 7 heteroatoms. The Bertz CT molecular complexity index is 945. The Morgan fingerprint density at radius 1 is 1.31 bits per heavy atom. The van der Waals surface area contributed by atoms with Crippen molar-refractivity contribution in [3.8, 4) is 11.1 Å². The van der Waals surface area contributed by atoms with Crippen molar-refractivity contribution in [2.45, 2.75) is 32.2 Å². The highest BCUT2D eigenvalue weighted by atomic mass is 32.1. The average Bonchev–Trinajstić information content (AvgIpc) is 3.27. The lowest BCUT2D eigenvalue weighted by Gasteiger charge is -2.32. The number of hydrogen-bond donors (Lipinski definition) is 1. The third-order valence-corrected chi connectivity index (χ3v) is 6.11. The van der Waals surface area contributed by atoms with Crippen LogP contribution in [-0.2, 0) is 11.3 Å². The summed E-state index contributed by atoms with van der Waals surface area (Å²) in [5, 5.41) is 5.06. The molecule has 6 nitrogen and oxygen atoms in total. The van der Waals surface area contributed by atoms with E-state index < -0.39 is 0 Å². The molecule has 0 aromatic carbocycles. The zero-order valence-corrected chi connectivity index (χ0v) is 17.4. The highest BCUT2D eigenvalue weighted by molar-refractivity contribution is 7.09. The van der Waals surface area contributed by atoms with Crippen molar-refractivity contribution in [2.75, 3.05) is 19.6 Å². The Balaban J connectivity index is 1.44. The molecule has 1 saturated heterocycles. The minimum atomic E-state index is 0.0762. The molecule has 0 bridgehead atoms. The molecular weight excluding hydrogens is 382 g/mol. The number of amides is 1. The molecule has 1 aliphatic rings. The Morgan fingerprint density at radius 3 is 2.97 bits per heavy atom. The maximum absolute atomic E-state index is 12.4. The van der Waals surface area contributed by atoms with Gasteiger partial charge in [0.05, 0.1) is 18.8 Å². The minimum Gasteiger partial charge on any atom is -0.350 e. The van der Waals surface area contributed by atoms with Crippen LogP contribution in [0.4, 0.5) is 0 Å². The van der Waals surface area contributed by atoms with Crippen molar-refractivity contribution in [1.82, 2.24) is 25.2 Å². The summed E-state index contributed by atoms with van der Waals surface area (Å²) >= 11 is 1.66. The second-order valence-corrected chi connectivity index (χ2v) is 8.41. The lowest BCUT2D eigenvalue weighted by atomic mass is 9.90. The van der Waals surface area contributed by atoms with Gasteiger partial charge in [0.1, 0.15) is 5.82 Å². The molecule has 3 aromatic rings. The standard InChI is InChI=1S/C22H25N5OS/c1-16-24-13-20(17-6-8-23-9-7-17)22(26-16)18-4-2-10-27(14-18)15-21(28)25-12-19-5-3-11-29-19/h3,5-9,11,13,18H,2,4,10,12,14-15H2,1H3,(H,25,28)/t18-/m0/s1. The largest absolute Gasteiger partial charge is 0.350 e. The second-order valence-electron chi connectivity index (χ2n) is 7.38. The van der Waals surface area contributed by atoms with Gasteiger partial charge in [-0.1, -0.05) is 6.07 Å². The van der Waals surface area contributed by atoms with E-state index in [1.807, 2.05) is 42.8 Å². The fraction of sp³-hybridized carbons (Fsp3) is 0.364. The summed E-state index contributed by atoms with van der Waals surface area (Å²) < 4.78 is 0. The fourth-order valence-electron chi connectivity index (χ4n) is 3.83. The normalized spacial score (nSPS) is 17.2. The quantitative estimate of drug-likeness (QED) is 0.678. The summed E-state index contributed by atoms with van der Waals surface area (Å²) in [5.41, 5.74) is 3.22. The number of nitrogens with one attached hydrogen (secondary N) is 1. The number of aryl methyl sites for hydroxylation is 1. The van der Waals surface area contributed by atoms with E-state index in [2.05, 4.69) is 20.2 Å². The van der Waals surface area contributed by atoms with Gasteiger partial charge in [-0.3, -0.25) is 14.7 Å². The number of aromatic nitrogens is 3. The number of nitrogens with zero attached hydrogens (tertiary/aromatic N) is 4. The molecule has 29 heavy (non-hydrogen) atoms. The summed E-state index contributed by atoms with van der Waals surface area (Å²) in [6.07, 6.45) is 7.64. The molecule has 0 aliphatic carbocycles. The highest BCUT2D eigenvalue weighted by Crippen LogP contribution is 2.32. The van der Waals surface area contributed by atoms with E-state index in [1.165, 1.54) is 4.88 Å². The molecule has 0 radical (unpaired) electrons. The molecule has 4 rings (SSSR count). The van der Waals surface area contributed by atoms with Crippen LogP contribution in [0.1, 0.15) is 35.2 Å². The molecule has 1 aliphatic heterocycles. The molecule has 0 spiro atoms. The second kappa shape index (κ2) is 9.24. The van der Waals surface area contributed by atoms with E-state index in [0.29, 0.717) is 19.0 Å². The maximum Gasteiger partial charge on any atom is 0.234 e. The number of rotatable bonds is 6. The smallest absolute Gasteiger partial charge is 0.234 e. The van der Waals surface area contributed by atoms with Crippen LogP contribution in [0.3, 0.4) is 0 Å². The molecular formula is C22H25N5OS. The van der Waals surface area contributed by atoms with Gasteiger partial charge in [0.2, 0.25) is 5.91 Å². The van der Waals surface area contributed by atoms with Crippen molar-refractivity contribution in [3.05, 3.63) is 64.6 Å². The Morgan fingerprint density at radius 2 is 2.17 bits per heavy atom. The van der Waals surface area contributed by atoms with Gasteiger partial charge < -0.3 is 5.32 Å². The van der Waals surface area contributed by atoms with Gasteiger partial charge in [0, 0.05) is 41.5 Å². The highest BCUT2D eigenvalue weighted by Gasteiger charge is 2.26. The summed E-state index contributed by atoms with van der Waals surface area (Å²) in [7, 11) is 0. The van der Waals surface area contributed by atoms with Crippen molar-refractivity contribution in [1.29, 1.82) is 0 Å². The number of piperidine rings is 1. The zero-order chi connectivity index (χ0) is 20.1. The first kappa shape index (κ1) is 19.7. The minimum absolute atomic E-state index is 0.0762. The SMILES string of the molecule is Cc1ncc(-c2ccncc2)c([C@H]2CCCN(CC(=O)NCc3cccs3)C2)n1. The Labute approximate surface area is 175 Å². The van der Waals surface area contributed by atoms with Crippen LogP contribution in [0.2, 0.25) is 0 Å². The van der Waals surface area contributed by atoms with Gasteiger partial charge in [0.15, 0.2) is 0 Å². The monoisotopic (exact) mass is 407 g/mol. The van der Waals surface area contributed by atoms with Crippen molar-refractivity contribution in [2.24, 2.45) is 0 Å². The molecule has 1 atom stereocenters. The van der Waals surface area contributed by atoms with Crippen LogP contribution >= 0.6 is 11.3 Å². The first-order valence-corrected chi connectivity index (χ1v) is 10.8. The topological polar surface area (TPSA) is 71.0 Å². The van der Waals surface area contributed by atoms with Gasteiger partial charge in [-0.05, 0) is 55.5 Å². The zero-order valence-electron chi connectivity index (χ0n) is 16.5. The van der Waals surface area contributed by atoms with Crippen LogP contribution in [0.5, 0.6) is 0 Å². The van der Waals surface area contributed by atoms with Gasteiger partial charge in [0.25, 0.3) is 0 Å². The molecule has 1 amide bonds. The van der Waals surface area contributed by atoms with Crippen LogP contribution < -0.4 is 5.32 Å². The van der Waals surface area contributed by atoms with E-state index in [0.717, 1.165) is 48.6 Å². The number of carbonyl (C=O) groups excluding carboxylic acids is 1. The maximum atomic E-state index is 12.4. The molecule has 1 N–H and O–H groups in total. The predicted molar refractivity (Wildman–Crippen MR) is 115 cm³/mol. The van der Waals surface area contributed by atoms with E-state index in [4.69, 9.17) is 4.98 Å². The third-order valence-electron chi connectivity index (χ3n) is 5.23. The Kier molecular flexibility index (Phi) is 6.27. The Hall–Kier alpha value is -2.64. The number of thiophene rings is 1. The number of likely N-dealkylation sites (tertiary alicyclic amines) is 1. The number of hydrogen-bond acceptors (Lipinski definition) is 6.